The molecule has 0 unspecified atom stereocenters. The molecule has 29 heavy (non-hydrogen) atoms. The minimum Gasteiger partial charge on any atom is -0.478 e. The molecule has 3 rings (SSSR count). The molecule has 0 fully saturated rings. The predicted octanol–water partition coefficient (Wildman–Crippen LogP) is 3.36. The molecule has 0 aliphatic carbocycles. The van der Waals surface area contributed by atoms with Crippen LogP contribution in [0, 0.1) is 5.92 Å². The molecule has 0 saturated heterocycles. The molecule has 0 amide bonds. The van der Waals surface area contributed by atoms with E-state index in [2.05, 4.69) is 0 Å². The van der Waals surface area contributed by atoms with Crippen molar-refractivity contribution in [2.45, 2.75) is 33.5 Å². The summed E-state index contributed by atoms with van der Waals surface area (Å²) in [6.45, 7) is 5.22. The number of aromatic carboxylic acids is 1. The number of fused-ring (bicyclic) bond motifs is 1. The van der Waals surface area contributed by atoms with Crippen molar-refractivity contribution in [1.29, 1.82) is 0 Å². The van der Waals surface area contributed by atoms with Crippen molar-refractivity contribution in [2.24, 2.45) is 17.4 Å². The van der Waals surface area contributed by atoms with E-state index in [1.54, 1.807) is 16.7 Å². The van der Waals surface area contributed by atoms with Crippen molar-refractivity contribution < 1.29 is 9.90 Å². The summed E-state index contributed by atoms with van der Waals surface area (Å²) in [6, 6.07) is 12.4. The van der Waals surface area contributed by atoms with E-state index in [0.29, 0.717) is 29.6 Å². The van der Waals surface area contributed by atoms with Gasteiger partial charge in [0.2, 0.25) is 0 Å². The highest BCUT2D eigenvalue weighted by molar-refractivity contribution is 6.01. The minimum atomic E-state index is -1.04. The molecule has 0 aliphatic heterocycles. The Kier molecular flexibility index (Phi) is 7.19. The first-order valence-electron chi connectivity index (χ1n) is 9.29. The van der Waals surface area contributed by atoms with E-state index in [1.807, 2.05) is 38.1 Å². The Morgan fingerprint density at radius 1 is 1.03 bits per heavy atom. The second-order valence-corrected chi connectivity index (χ2v) is 7.30. The maximum absolute atomic E-state index is 13.2. The zero-order chi connectivity index (χ0) is 20.4. The van der Waals surface area contributed by atoms with E-state index in [-0.39, 0.29) is 36.0 Å². The van der Waals surface area contributed by atoms with Gasteiger partial charge in [0.1, 0.15) is 0 Å². The Bertz CT molecular complexity index is 1090. The van der Waals surface area contributed by atoms with Crippen LogP contribution in [0.5, 0.6) is 0 Å². The summed E-state index contributed by atoms with van der Waals surface area (Å²) in [7, 11) is 0. The second kappa shape index (κ2) is 9.22. The standard InChI is InChI=1S/C22H25N3O3.ClH/c1-13(2)12-25-19(11-24)20(15-5-3-14(10-23)4-6-15)18-9-16(22(27)28)7-8-17(18)21(25)26;/h3-9,13H,10-12,23-24H2,1-2H3,(H,27,28);1H. The molecule has 3 aromatic rings. The number of halogens is 1. The second-order valence-electron chi connectivity index (χ2n) is 7.30. The normalized spacial score (nSPS) is 10.9. The Morgan fingerprint density at radius 2 is 1.69 bits per heavy atom. The summed E-state index contributed by atoms with van der Waals surface area (Å²) in [6.07, 6.45) is 0. The first kappa shape index (κ1) is 22.6. The molecular formula is C22H26ClN3O3. The number of rotatable bonds is 6. The number of hydrogen-bond donors (Lipinski definition) is 3. The largest absolute Gasteiger partial charge is 0.478 e. The molecular weight excluding hydrogens is 390 g/mol. The summed E-state index contributed by atoms with van der Waals surface area (Å²) in [5.41, 5.74) is 15.1. The number of hydrogen-bond acceptors (Lipinski definition) is 4. The lowest BCUT2D eigenvalue weighted by molar-refractivity contribution is 0.0697. The highest BCUT2D eigenvalue weighted by Gasteiger charge is 2.19. The summed E-state index contributed by atoms with van der Waals surface area (Å²) in [5, 5.41) is 10.5. The van der Waals surface area contributed by atoms with Crippen LogP contribution in [-0.4, -0.2) is 15.6 Å². The van der Waals surface area contributed by atoms with Crippen molar-refractivity contribution in [3.05, 3.63) is 69.6 Å². The lowest BCUT2D eigenvalue weighted by atomic mass is 9.94. The van der Waals surface area contributed by atoms with E-state index in [0.717, 1.165) is 16.7 Å². The average Bonchev–Trinajstić information content (AvgIpc) is 2.69. The van der Waals surface area contributed by atoms with E-state index in [4.69, 9.17) is 11.5 Å². The van der Waals surface area contributed by atoms with Crippen molar-refractivity contribution >= 4 is 29.1 Å². The van der Waals surface area contributed by atoms with Crippen LogP contribution < -0.4 is 17.0 Å². The molecule has 154 valence electrons. The molecule has 0 radical (unpaired) electrons. The van der Waals surface area contributed by atoms with Gasteiger partial charge in [0.05, 0.1) is 5.56 Å². The highest BCUT2D eigenvalue weighted by atomic mass is 35.5. The van der Waals surface area contributed by atoms with Gasteiger partial charge in [0, 0.05) is 36.3 Å². The Morgan fingerprint density at radius 3 is 2.21 bits per heavy atom. The van der Waals surface area contributed by atoms with Gasteiger partial charge < -0.3 is 21.1 Å². The van der Waals surface area contributed by atoms with Gasteiger partial charge in [0.15, 0.2) is 0 Å². The lowest BCUT2D eigenvalue weighted by Gasteiger charge is -2.21. The summed E-state index contributed by atoms with van der Waals surface area (Å²) in [5.74, 6) is -0.779. The number of nitrogens with zero attached hydrogens (tertiary/aromatic N) is 1. The molecule has 0 saturated carbocycles. The van der Waals surface area contributed by atoms with Gasteiger partial charge >= 0.3 is 5.97 Å². The van der Waals surface area contributed by atoms with E-state index in [1.165, 1.54) is 6.07 Å². The average molecular weight is 416 g/mol. The smallest absolute Gasteiger partial charge is 0.335 e. The van der Waals surface area contributed by atoms with Gasteiger partial charge in [-0.05, 0) is 40.6 Å². The zero-order valence-electron chi connectivity index (χ0n) is 16.5. The van der Waals surface area contributed by atoms with Gasteiger partial charge in [0.25, 0.3) is 5.56 Å². The fourth-order valence-electron chi connectivity index (χ4n) is 3.53. The molecule has 5 N–H and O–H groups in total. The first-order valence-corrected chi connectivity index (χ1v) is 9.29. The Hall–Kier alpha value is -2.67. The number of carboxylic acids is 1. The van der Waals surface area contributed by atoms with Crippen molar-refractivity contribution in [3.63, 3.8) is 0 Å². The maximum Gasteiger partial charge on any atom is 0.335 e. The monoisotopic (exact) mass is 415 g/mol. The third-order valence-corrected chi connectivity index (χ3v) is 4.85. The van der Waals surface area contributed by atoms with Crippen LogP contribution in [0.1, 0.15) is 35.5 Å². The summed E-state index contributed by atoms with van der Waals surface area (Å²) in [4.78, 5) is 24.7. The highest BCUT2D eigenvalue weighted by Crippen LogP contribution is 2.32. The fourth-order valence-corrected chi connectivity index (χ4v) is 3.53. The van der Waals surface area contributed by atoms with E-state index >= 15 is 0 Å². The molecule has 0 atom stereocenters. The zero-order valence-corrected chi connectivity index (χ0v) is 17.3. The van der Waals surface area contributed by atoms with Crippen LogP contribution in [0.4, 0.5) is 0 Å². The van der Waals surface area contributed by atoms with Crippen LogP contribution in [0.2, 0.25) is 0 Å². The molecule has 1 aromatic heterocycles. The number of benzene rings is 2. The maximum atomic E-state index is 13.2. The Labute approximate surface area is 175 Å². The topological polar surface area (TPSA) is 111 Å². The van der Waals surface area contributed by atoms with Crippen LogP contribution >= 0.6 is 12.4 Å². The van der Waals surface area contributed by atoms with Gasteiger partial charge in [-0.3, -0.25) is 4.79 Å². The number of aromatic nitrogens is 1. The molecule has 0 spiro atoms. The van der Waals surface area contributed by atoms with Gasteiger partial charge in [-0.25, -0.2) is 4.79 Å². The van der Waals surface area contributed by atoms with Crippen LogP contribution in [0.25, 0.3) is 21.9 Å². The third-order valence-electron chi connectivity index (χ3n) is 4.85. The van der Waals surface area contributed by atoms with Crippen LogP contribution in [-0.2, 0) is 19.6 Å². The first-order chi connectivity index (χ1) is 13.4. The molecule has 1 heterocycles. The lowest BCUT2D eigenvalue weighted by Crippen LogP contribution is -2.28. The molecule has 2 aromatic carbocycles. The van der Waals surface area contributed by atoms with Crippen LogP contribution in [0.3, 0.4) is 0 Å². The summed E-state index contributed by atoms with van der Waals surface area (Å²) >= 11 is 0. The summed E-state index contributed by atoms with van der Waals surface area (Å²) < 4.78 is 1.72. The van der Waals surface area contributed by atoms with Gasteiger partial charge in [-0.1, -0.05) is 38.1 Å². The van der Waals surface area contributed by atoms with Gasteiger partial charge in [-0.15, -0.1) is 12.4 Å². The molecule has 6 nitrogen and oxygen atoms in total. The van der Waals surface area contributed by atoms with Crippen LogP contribution in [0.15, 0.2) is 47.3 Å². The molecule has 0 bridgehead atoms. The Balaban J connectivity index is 0.00000300. The number of carboxylic acid groups (broad SMARTS) is 1. The van der Waals surface area contributed by atoms with Crippen molar-refractivity contribution in [2.75, 3.05) is 0 Å². The quantitative estimate of drug-likeness (QED) is 0.571. The number of carbonyl (C=O) groups is 1. The van der Waals surface area contributed by atoms with Crippen molar-refractivity contribution in [3.8, 4) is 11.1 Å². The predicted molar refractivity (Wildman–Crippen MR) is 118 cm³/mol. The molecule has 7 heteroatoms. The van der Waals surface area contributed by atoms with E-state index < -0.39 is 5.97 Å². The fraction of sp³-hybridized carbons (Fsp3) is 0.273. The minimum absolute atomic E-state index is 0. The van der Waals surface area contributed by atoms with E-state index in [9.17, 15) is 14.7 Å². The number of pyridine rings is 1. The van der Waals surface area contributed by atoms with Gasteiger partial charge in [-0.2, -0.15) is 0 Å². The number of nitrogens with two attached hydrogens (primary N) is 2. The SMILES string of the molecule is CC(C)Cn1c(CN)c(-c2ccc(CN)cc2)c2cc(C(=O)O)ccc2c1=O.Cl. The third kappa shape index (κ3) is 4.34. The van der Waals surface area contributed by atoms with Crippen molar-refractivity contribution in [1.82, 2.24) is 4.57 Å². The molecule has 0 aliphatic rings.